The maximum atomic E-state index is 11.3. The number of benzene rings is 1. The summed E-state index contributed by atoms with van der Waals surface area (Å²) in [4.78, 5) is 16.0. The lowest BCUT2D eigenvalue weighted by Gasteiger charge is -2.21. The molecule has 3 rings (SSSR count). The first kappa shape index (κ1) is 13.6. The van der Waals surface area contributed by atoms with Crippen LogP contribution in [0, 0.1) is 0 Å². The third-order valence-corrected chi connectivity index (χ3v) is 3.98. The van der Waals surface area contributed by atoms with Crippen LogP contribution in [0.3, 0.4) is 0 Å². The molecule has 0 saturated carbocycles. The molecule has 0 fully saturated rings. The minimum atomic E-state index is -0.900. The third-order valence-electron chi connectivity index (χ3n) is 3.98. The summed E-state index contributed by atoms with van der Waals surface area (Å²) >= 11 is 0. The molecule has 108 valence electrons. The Labute approximate surface area is 123 Å². The van der Waals surface area contributed by atoms with Gasteiger partial charge in [0.25, 0.3) is 0 Å². The van der Waals surface area contributed by atoms with E-state index in [4.69, 9.17) is 4.74 Å². The third kappa shape index (κ3) is 2.27. The average molecular weight is 283 g/mol. The zero-order valence-corrected chi connectivity index (χ0v) is 12.1. The molecule has 0 atom stereocenters. The Bertz CT molecular complexity index is 722. The zero-order valence-electron chi connectivity index (χ0n) is 12.1. The molecule has 0 saturated heterocycles. The quantitative estimate of drug-likeness (QED) is 0.940. The fourth-order valence-corrected chi connectivity index (χ4v) is 2.88. The number of nitrogens with zero attached hydrogens (tertiary/aromatic N) is 1. The van der Waals surface area contributed by atoms with Crippen molar-refractivity contribution in [3.05, 3.63) is 46.6 Å². The lowest BCUT2D eigenvalue weighted by Crippen LogP contribution is -2.12. The van der Waals surface area contributed by atoms with Crippen molar-refractivity contribution < 1.29 is 14.6 Å². The van der Waals surface area contributed by atoms with Crippen molar-refractivity contribution >= 4 is 5.97 Å². The number of fused-ring (bicyclic) bond motifs is 3. The van der Waals surface area contributed by atoms with Gasteiger partial charge in [-0.2, -0.15) is 0 Å². The highest BCUT2D eigenvalue weighted by Gasteiger charge is 2.22. The first-order valence-corrected chi connectivity index (χ1v) is 7.07. The standard InChI is InChI=1S/C17H17NO3/c1-3-15-14(17(19)20)9-11-5-4-10-8-12(21-2)6-7-13(10)16(11)18-15/h6-9H,3-5H2,1-2H3,(H,19,20). The van der Waals surface area contributed by atoms with E-state index >= 15 is 0 Å². The molecule has 1 heterocycles. The molecule has 4 heteroatoms. The Kier molecular flexibility index (Phi) is 3.37. The van der Waals surface area contributed by atoms with Gasteiger partial charge in [0.05, 0.1) is 24.1 Å². The highest BCUT2D eigenvalue weighted by molar-refractivity contribution is 5.90. The summed E-state index contributed by atoms with van der Waals surface area (Å²) in [5.41, 5.74) is 5.20. The normalized spacial score (nSPS) is 12.5. The number of methoxy groups -OCH3 is 1. The molecule has 0 amide bonds. The highest BCUT2D eigenvalue weighted by Crippen LogP contribution is 2.35. The van der Waals surface area contributed by atoms with Crippen molar-refractivity contribution in [3.8, 4) is 17.0 Å². The van der Waals surface area contributed by atoms with Gasteiger partial charge >= 0.3 is 5.97 Å². The van der Waals surface area contributed by atoms with Crippen molar-refractivity contribution in [1.82, 2.24) is 4.98 Å². The van der Waals surface area contributed by atoms with E-state index in [-0.39, 0.29) is 0 Å². The van der Waals surface area contributed by atoms with E-state index in [1.807, 2.05) is 25.1 Å². The van der Waals surface area contributed by atoms with Gasteiger partial charge in [0.2, 0.25) is 0 Å². The molecule has 2 aromatic rings. The van der Waals surface area contributed by atoms with Crippen molar-refractivity contribution in [2.45, 2.75) is 26.2 Å². The molecule has 21 heavy (non-hydrogen) atoms. The maximum Gasteiger partial charge on any atom is 0.337 e. The Balaban J connectivity index is 2.18. The molecule has 1 aliphatic carbocycles. The number of aryl methyl sites for hydroxylation is 3. The van der Waals surface area contributed by atoms with Crippen LogP contribution < -0.4 is 4.74 Å². The fourth-order valence-electron chi connectivity index (χ4n) is 2.88. The Morgan fingerprint density at radius 3 is 2.71 bits per heavy atom. The lowest BCUT2D eigenvalue weighted by atomic mass is 9.87. The number of rotatable bonds is 3. The molecule has 1 aromatic carbocycles. The number of carboxylic acids is 1. The minimum absolute atomic E-state index is 0.327. The predicted molar refractivity (Wildman–Crippen MR) is 80.0 cm³/mol. The van der Waals surface area contributed by atoms with Crippen molar-refractivity contribution in [2.24, 2.45) is 0 Å². The molecule has 1 aliphatic rings. The number of pyridine rings is 1. The average Bonchev–Trinajstić information content (AvgIpc) is 2.52. The van der Waals surface area contributed by atoms with E-state index in [9.17, 15) is 9.90 Å². The molecular formula is C17H17NO3. The van der Waals surface area contributed by atoms with Gasteiger partial charge in [-0.3, -0.25) is 4.98 Å². The monoisotopic (exact) mass is 283 g/mol. The van der Waals surface area contributed by atoms with Gasteiger partial charge in [-0.05, 0) is 54.7 Å². The van der Waals surface area contributed by atoms with E-state index < -0.39 is 5.97 Å². The first-order chi connectivity index (χ1) is 10.1. The molecule has 0 aliphatic heterocycles. The number of aromatic carboxylic acids is 1. The Morgan fingerprint density at radius 2 is 2.05 bits per heavy atom. The van der Waals surface area contributed by atoms with Crippen LogP contribution in [0.15, 0.2) is 24.3 Å². The molecule has 0 unspecified atom stereocenters. The van der Waals surface area contributed by atoms with Crippen molar-refractivity contribution in [1.29, 1.82) is 0 Å². The Hall–Kier alpha value is -2.36. The highest BCUT2D eigenvalue weighted by atomic mass is 16.5. The van der Waals surface area contributed by atoms with Crippen LogP contribution in [-0.2, 0) is 19.3 Å². The molecule has 0 radical (unpaired) electrons. The van der Waals surface area contributed by atoms with Crippen LogP contribution in [-0.4, -0.2) is 23.2 Å². The van der Waals surface area contributed by atoms with Gasteiger partial charge in [-0.15, -0.1) is 0 Å². The zero-order chi connectivity index (χ0) is 15.0. The van der Waals surface area contributed by atoms with Gasteiger partial charge in [0.15, 0.2) is 0 Å². The van der Waals surface area contributed by atoms with E-state index in [2.05, 4.69) is 4.98 Å². The van der Waals surface area contributed by atoms with Crippen LogP contribution in [0.25, 0.3) is 11.3 Å². The van der Waals surface area contributed by atoms with Gasteiger partial charge in [-0.25, -0.2) is 4.79 Å². The van der Waals surface area contributed by atoms with E-state index in [1.54, 1.807) is 13.2 Å². The molecule has 4 nitrogen and oxygen atoms in total. The van der Waals surface area contributed by atoms with Crippen LogP contribution in [0.4, 0.5) is 0 Å². The fraction of sp³-hybridized carbons (Fsp3) is 0.294. The number of hydrogen-bond acceptors (Lipinski definition) is 3. The first-order valence-electron chi connectivity index (χ1n) is 7.07. The van der Waals surface area contributed by atoms with Crippen LogP contribution >= 0.6 is 0 Å². The summed E-state index contributed by atoms with van der Waals surface area (Å²) in [6, 6.07) is 7.76. The second-order valence-electron chi connectivity index (χ2n) is 5.17. The number of carboxylic acid groups (broad SMARTS) is 1. The van der Waals surface area contributed by atoms with Gasteiger partial charge < -0.3 is 9.84 Å². The molecular weight excluding hydrogens is 266 g/mol. The summed E-state index contributed by atoms with van der Waals surface area (Å²) in [7, 11) is 1.66. The summed E-state index contributed by atoms with van der Waals surface area (Å²) in [6.45, 7) is 1.93. The van der Waals surface area contributed by atoms with Crippen molar-refractivity contribution in [3.63, 3.8) is 0 Å². The molecule has 1 N–H and O–H groups in total. The van der Waals surface area contributed by atoms with Crippen LogP contribution in [0.5, 0.6) is 5.75 Å². The van der Waals surface area contributed by atoms with Gasteiger partial charge in [-0.1, -0.05) is 6.92 Å². The lowest BCUT2D eigenvalue weighted by molar-refractivity contribution is 0.0695. The van der Waals surface area contributed by atoms with Crippen LogP contribution in [0.1, 0.15) is 34.1 Å². The number of ether oxygens (including phenoxy) is 1. The SMILES string of the molecule is CCc1nc2c(cc1C(=O)O)CCc1cc(OC)ccc1-2. The van der Waals surface area contributed by atoms with Gasteiger partial charge in [0.1, 0.15) is 5.75 Å². The van der Waals surface area contributed by atoms with E-state index in [0.29, 0.717) is 17.7 Å². The van der Waals surface area contributed by atoms with E-state index in [0.717, 1.165) is 35.4 Å². The summed E-state index contributed by atoms with van der Waals surface area (Å²) in [6.07, 6.45) is 2.30. The summed E-state index contributed by atoms with van der Waals surface area (Å²) < 4.78 is 5.27. The largest absolute Gasteiger partial charge is 0.497 e. The van der Waals surface area contributed by atoms with Crippen molar-refractivity contribution in [2.75, 3.05) is 7.11 Å². The second-order valence-corrected chi connectivity index (χ2v) is 5.17. The second kappa shape index (κ2) is 5.20. The van der Waals surface area contributed by atoms with Gasteiger partial charge in [0, 0.05) is 5.56 Å². The molecule has 0 spiro atoms. The number of hydrogen-bond donors (Lipinski definition) is 1. The van der Waals surface area contributed by atoms with Crippen LogP contribution in [0.2, 0.25) is 0 Å². The number of carbonyl (C=O) groups is 1. The minimum Gasteiger partial charge on any atom is -0.497 e. The summed E-state index contributed by atoms with van der Waals surface area (Å²) in [5, 5.41) is 9.31. The molecule has 0 bridgehead atoms. The number of aromatic nitrogens is 1. The summed E-state index contributed by atoms with van der Waals surface area (Å²) in [5.74, 6) is -0.0576. The smallest absolute Gasteiger partial charge is 0.337 e. The Morgan fingerprint density at radius 1 is 1.29 bits per heavy atom. The van der Waals surface area contributed by atoms with E-state index in [1.165, 1.54) is 5.56 Å². The maximum absolute atomic E-state index is 11.3. The topological polar surface area (TPSA) is 59.4 Å². The predicted octanol–water partition coefficient (Wildman–Crippen LogP) is 3.12. The molecule has 1 aromatic heterocycles.